The number of ether oxygens (including phenoxy) is 1. The van der Waals surface area contributed by atoms with Crippen molar-refractivity contribution in [1.82, 2.24) is 9.88 Å². The normalized spacial score (nSPS) is 13.6. The summed E-state index contributed by atoms with van der Waals surface area (Å²) in [4.78, 5) is 55.7. The van der Waals surface area contributed by atoms with Crippen LogP contribution in [0.5, 0.6) is 5.75 Å². The van der Waals surface area contributed by atoms with Gasteiger partial charge in [0.1, 0.15) is 22.8 Å². The van der Waals surface area contributed by atoms with Gasteiger partial charge in [0.2, 0.25) is 0 Å². The molecule has 286 valence electrons. The summed E-state index contributed by atoms with van der Waals surface area (Å²) in [5.41, 5.74) is 0.896. The van der Waals surface area contributed by atoms with Crippen LogP contribution in [0.3, 0.4) is 0 Å². The van der Waals surface area contributed by atoms with Crippen molar-refractivity contribution < 1.29 is 49.4 Å². The predicted molar refractivity (Wildman–Crippen MR) is 199 cm³/mol. The topological polar surface area (TPSA) is 195 Å². The number of aliphatic hydroxyl groups excluding tert-OH is 4. The third kappa shape index (κ3) is 11.1. The van der Waals surface area contributed by atoms with Gasteiger partial charge in [0.25, 0.3) is 5.91 Å². The Hall–Kier alpha value is -4.23. The van der Waals surface area contributed by atoms with Gasteiger partial charge in [-0.25, -0.2) is 4.98 Å². The molecule has 1 heterocycles. The van der Waals surface area contributed by atoms with E-state index in [0.717, 1.165) is 5.56 Å². The lowest BCUT2D eigenvalue weighted by Crippen LogP contribution is -2.36. The third-order valence-electron chi connectivity index (χ3n) is 8.97. The van der Waals surface area contributed by atoms with Gasteiger partial charge in [-0.1, -0.05) is 72.3 Å². The molecule has 0 saturated heterocycles. The highest BCUT2D eigenvalue weighted by Gasteiger charge is 2.42. The highest BCUT2D eigenvalue weighted by molar-refractivity contribution is 6.30. The van der Waals surface area contributed by atoms with Gasteiger partial charge in [-0.3, -0.25) is 19.2 Å². The van der Waals surface area contributed by atoms with E-state index in [9.17, 15) is 34.5 Å². The summed E-state index contributed by atoms with van der Waals surface area (Å²) in [6, 6.07) is 11.4. The highest BCUT2D eigenvalue weighted by Crippen LogP contribution is 2.38. The smallest absolute Gasteiger partial charge is 0.316 e. The number of rotatable bonds is 15. The largest absolute Gasteiger partial charge is 0.506 e. The Morgan fingerprint density at radius 2 is 1.42 bits per heavy atom. The number of methoxy groups -OCH3 is 1. The first-order chi connectivity index (χ1) is 24.8. The first kappa shape index (κ1) is 43.9. The molecule has 52 heavy (non-hydrogen) atoms. The Labute approximate surface area is 306 Å². The van der Waals surface area contributed by atoms with E-state index in [2.05, 4.69) is 37.4 Å². The Balaban J connectivity index is 0.000000429. The minimum atomic E-state index is -1.29. The lowest BCUT2D eigenvalue weighted by atomic mass is 9.93. The van der Waals surface area contributed by atoms with Crippen LogP contribution in [-0.4, -0.2) is 105 Å². The number of Topliss-reactive ketones (excluding diaryl/α,β-unsaturated/α-hetero) is 2. The minimum Gasteiger partial charge on any atom is -0.506 e. The summed E-state index contributed by atoms with van der Waals surface area (Å²) in [5, 5.41) is 47.0. The Morgan fingerprint density at radius 3 is 1.90 bits per heavy atom. The number of nitrogens with zero attached hydrogens (tertiary/aromatic N) is 2. The maximum absolute atomic E-state index is 13.3. The lowest BCUT2D eigenvalue weighted by Gasteiger charge is -2.20. The number of esters is 1. The van der Waals surface area contributed by atoms with Gasteiger partial charge in [0.15, 0.2) is 11.6 Å². The summed E-state index contributed by atoms with van der Waals surface area (Å²) in [5.74, 6) is -3.32. The second-order valence-electron chi connectivity index (χ2n) is 13.4. The van der Waals surface area contributed by atoms with E-state index in [-0.39, 0.29) is 54.4 Å². The predicted octanol–water partition coefficient (Wildman–Crippen LogP) is 5.17. The Bertz CT molecular complexity index is 1640. The number of carbonyl (C=O) groups excluding carboxylic acids is 4. The molecule has 2 aromatic carbocycles. The molecule has 1 aliphatic carbocycles. The summed E-state index contributed by atoms with van der Waals surface area (Å²) in [6.45, 7) is 8.74. The number of fused-ring (bicyclic) bond motifs is 2. The van der Waals surface area contributed by atoms with E-state index >= 15 is 0 Å². The SMILES string of the molecule is CC(C)c1ccc2nc(C3C(=O)c4ccc(C(=O)N(CCO)CCO)cc4C3=O)c(O)cc2c1.CCCCCCCC.COC(=O)C(C)(CO)CO. The number of carbonyl (C=O) groups is 4. The molecule has 0 saturated carbocycles. The number of ketones is 2. The average Bonchev–Trinajstić information content (AvgIpc) is 3.40. The number of aromatic nitrogens is 1. The summed E-state index contributed by atoms with van der Waals surface area (Å²) in [6.07, 6.45) is 8.49. The van der Waals surface area contributed by atoms with E-state index in [0.29, 0.717) is 16.8 Å². The second-order valence-corrected chi connectivity index (χ2v) is 13.4. The fraction of sp³-hybridized carbons (Fsp3) is 0.525. The molecule has 0 aliphatic heterocycles. The van der Waals surface area contributed by atoms with Gasteiger partial charge in [0.05, 0.1) is 39.1 Å². The van der Waals surface area contributed by atoms with Crippen molar-refractivity contribution in [2.45, 2.75) is 85.0 Å². The number of benzene rings is 2. The van der Waals surface area contributed by atoms with Crippen molar-refractivity contribution in [3.8, 4) is 5.75 Å². The number of pyridine rings is 1. The molecule has 5 N–H and O–H groups in total. The molecular formula is C40H56N2O10. The molecule has 0 bridgehead atoms. The quantitative estimate of drug-likeness (QED) is 0.0788. The van der Waals surface area contributed by atoms with E-state index < -0.39 is 48.0 Å². The van der Waals surface area contributed by atoms with Crippen LogP contribution in [0.15, 0.2) is 42.5 Å². The van der Waals surface area contributed by atoms with E-state index in [4.69, 9.17) is 10.2 Å². The number of hydrogen-bond acceptors (Lipinski definition) is 11. The number of unbranched alkanes of at least 4 members (excludes halogenated alkanes) is 5. The molecular weight excluding hydrogens is 668 g/mol. The van der Waals surface area contributed by atoms with E-state index in [1.54, 1.807) is 6.07 Å². The molecule has 1 amide bonds. The fourth-order valence-electron chi connectivity index (χ4n) is 5.56. The zero-order chi connectivity index (χ0) is 39.0. The molecule has 0 fully saturated rings. The molecule has 3 aromatic rings. The monoisotopic (exact) mass is 724 g/mol. The summed E-state index contributed by atoms with van der Waals surface area (Å²) < 4.78 is 4.34. The van der Waals surface area contributed by atoms with E-state index in [1.807, 2.05) is 12.1 Å². The summed E-state index contributed by atoms with van der Waals surface area (Å²) in [7, 11) is 1.21. The molecule has 1 aromatic heterocycles. The van der Waals surface area contributed by atoms with Crippen molar-refractivity contribution in [3.05, 3.63) is 70.4 Å². The fourth-order valence-corrected chi connectivity index (χ4v) is 5.56. The standard InChI is InChI=1S/C26H26N2O6.C8H18.C6H12O4/c1-14(2)15-4-6-20-17(11-15)13-21(31)23(27-20)22-24(32)18-5-3-16(12-19(18)25(22)33)26(34)28(7-9-29)8-10-30;1-3-5-7-8-6-4-2;1-6(3-7,4-8)5(9)10-2/h3-6,11-14,22,29-31H,7-10H2,1-2H3;3-8H2,1-2H3;7-8H,3-4H2,1-2H3. The first-order valence-electron chi connectivity index (χ1n) is 18.0. The Kier molecular flexibility index (Phi) is 18.0. The van der Waals surface area contributed by atoms with Gasteiger partial charge in [0, 0.05) is 35.2 Å². The van der Waals surface area contributed by atoms with Crippen LogP contribution < -0.4 is 0 Å². The minimum absolute atomic E-state index is 0.00828. The molecule has 0 radical (unpaired) electrons. The maximum Gasteiger partial charge on any atom is 0.316 e. The van der Waals surface area contributed by atoms with Crippen LogP contribution in [0.2, 0.25) is 0 Å². The molecule has 1 aliphatic rings. The third-order valence-corrected chi connectivity index (χ3v) is 8.97. The zero-order valence-corrected chi connectivity index (χ0v) is 31.4. The van der Waals surface area contributed by atoms with Gasteiger partial charge in [-0.15, -0.1) is 0 Å². The van der Waals surface area contributed by atoms with Crippen LogP contribution >= 0.6 is 0 Å². The van der Waals surface area contributed by atoms with Gasteiger partial charge in [-0.2, -0.15) is 0 Å². The molecule has 4 rings (SSSR count). The molecule has 12 nitrogen and oxygen atoms in total. The van der Waals surface area contributed by atoms with E-state index in [1.165, 1.54) is 81.7 Å². The average molecular weight is 725 g/mol. The number of aliphatic hydroxyl groups is 4. The van der Waals surface area contributed by atoms with Crippen molar-refractivity contribution in [3.63, 3.8) is 0 Å². The van der Waals surface area contributed by atoms with Crippen LogP contribution in [0.4, 0.5) is 0 Å². The Morgan fingerprint density at radius 1 is 0.846 bits per heavy atom. The van der Waals surface area contributed by atoms with Gasteiger partial charge < -0.3 is 35.2 Å². The van der Waals surface area contributed by atoms with Crippen LogP contribution in [0.25, 0.3) is 10.9 Å². The molecule has 0 spiro atoms. The van der Waals surface area contributed by atoms with Crippen molar-refractivity contribution in [2.75, 3.05) is 46.6 Å². The second kappa shape index (κ2) is 21.3. The summed E-state index contributed by atoms with van der Waals surface area (Å²) >= 11 is 0. The zero-order valence-electron chi connectivity index (χ0n) is 31.4. The highest BCUT2D eigenvalue weighted by atomic mass is 16.5. The van der Waals surface area contributed by atoms with Crippen molar-refractivity contribution >= 4 is 34.3 Å². The molecule has 1 atom stereocenters. The molecule has 1 unspecified atom stereocenters. The van der Waals surface area contributed by atoms with Crippen molar-refractivity contribution in [1.29, 1.82) is 0 Å². The van der Waals surface area contributed by atoms with Gasteiger partial charge >= 0.3 is 5.97 Å². The number of aromatic hydroxyl groups is 1. The van der Waals surface area contributed by atoms with Crippen LogP contribution in [-0.2, 0) is 9.53 Å². The van der Waals surface area contributed by atoms with Crippen LogP contribution in [0.1, 0.15) is 127 Å². The van der Waals surface area contributed by atoms with Gasteiger partial charge in [-0.05, 0) is 54.8 Å². The number of amides is 1. The lowest BCUT2D eigenvalue weighted by molar-refractivity contribution is -0.156. The molecule has 12 heteroatoms. The van der Waals surface area contributed by atoms with Crippen LogP contribution in [0, 0.1) is 5.41 Å². The first-order valence-corrected chi connectivity index (χ1v) is 18.0. The van der Waals surface area contributed by atoms with Crippen molar-refractivity contribution in [2.24, 2.45) is 5.41 Å². The number of hydrogen-bond donors (Lipinski definition) is 5. The maximum atomic E-state index is 13.3.